The van der Waals surface area contributed by atoms with E-state index < -0.39 is 5.97 Å². The molecule has 1 aromatic carbocycles. The molecule has 0 aliphatic carbocycles. The molecule has 4 N–H and O–H groups in total. The zero-order valence-corrected chi connectivity index (χ0v) is 11.2. The molecular formula is C14H18N2O4. The first-order valence-electron chi connectivity index (χ1n) is 6.58. The molecule has 1 aliphatic heterocycles. The molecule has 1 heterocycles. The Balaban J connectivity index is 2.07. The number of benzene rings is 1. The predicted octanol–water partition coefficient (Wildman–Crippen LogP) is 1.42. The molecule has 2 rings (SSSR count). The Hall–Kier alpha value is -2.08. The number of carbonyl (C=O) groups excluding carboxylic acids is 1. The van der Waals surface area contributed by atoms with Crippen LogP contribution in [0.25, 0.3) is 0 Å². The molecule has 2 unspecified atom stereocenters. The van der Waals surface area contributed by atoms with E-state index in [-0.39, 0.29) is 23.3 Å². The Morgan fingerprint density at radius 3 is 2.80 bits per heavy atom. The fourth-order valence-corrected chi connectivity index (χ4v) is 2.32. The minimum absolute atomic E-state index is 0.182. The molecule has 1 saturated heterocycles. The Morgan fingerprint density at radius 1 is 1.40 bits per heavy atom. The fourth-order valence-electron chi connectivity index (χ4n) is 2.32. The van der Waals surface area contributed by atoms with Gasteiger partial charge in [-0.15, -0.1) is 0 Å². The van der Waals surface area contributed by atoms with E-state index in [4.69, 9.17) is 5.11 Å². The SMILES string of the molecule is CC1CCNC(C(=O)Nc2ccc(O)c(C(=O)O)c2)C1. The molecule has 1 aliphatic rings. The normalized spacial score (nSPS) is 22.2. The second-order valence-corrected chi connectivity index (χ2v) is 5.16. The van der Waals surface area contributed by atoms with Crippen molar-refractivity contribution in [2.45, 2.75) is 25.8 Å². The van der Waals surface area contributed by atoms with Crippen molar-refractivity contribution in [3.8, 4) is 5.75 Å². The molecule has 1 aromatic rings. The van der Waals surface area contributed by atoms with Crippen molar-refractivity contribution in [2.75, 3.05) is 11.9 Å². The molecule has 0 radical (unpaired) electrons. The average molecular weight is 278 g/mol. The van der Waals surface area contributed by atoms with Gasteiger partial charge in [0.25, 0.3) is 0 Å². The molecule has 0 saturated carbocycles. The van der Waals surface area contributed by atoms with Crippen LogP contribution >= 0.6 is 0 Å². The third-order valence-electron chi connectivity index (χ3n) is 3.48. The lowest BCUT2D eigenvalue weighted by atomic mass is 9.94. The van der Waals surface area contributed by atoms with Gasteiger partial charge in [0, 0.05) is 5.69 Å². The summed E-state index contributed by atoms with van der Waals surface area (Å²) in [7, 11) is 0. The van der Waals surface area contributed by atoms with Crippen molar-refractivity contribution in [1.29, 1.82) is 0 Å². The van der Waals surface area contributed by atoms with E-state index in [0.29, 0.717) is 11.6 Å². The van der Waals surface area contributed by atoms with Crippen molar-refractivity contribution >= 4 is 17.6 Å². The smallest absolute Gasteiger partial charge is 0.339 e. The molecule has 6 heteroatoms. The van der Waals surface area contributed by atoms with Gasteiger partial charge in [0.15, 0.2) is 0 Å². The molecule has 2 atom stereocenters. The average Bonchev–Trinajstić information content (AvgIpc) is 2.40. The second kappa shape index (κ2) is 5.92. The number of nitrogens with one attached hydrogen (secondary N) is 2. The topological polar surface area (TPSA) is 98.7 Å². The highest BCUT2D eigenvalue weighted by atomic mass is 16.4. The molecule has 1 fully saturated rings. The van der Waals surface area contributed by atoms with Crippen LogP contribution in [0.4, 0.5) is 5.69 Å². The van der Waals surface area contributed by atoms with E-state index in [9.17, 15) is 14.7 Å². The van der Waals surface area contributed by atoms with Crippen LogP contribution in [-0.4, -0.2) is 34.7 Å². The first kappa shape index (κ1) is 14.3. The third-order valence-corrected chi connectivity index (χ3v) is 3.48. The number of carboxylic acids is 1. The number of amides is 1. The zero-order chi connectivity index (χ0) is 14.7. The second-order valence-electron chi connectivity index (χ2n) is 5.16. The summed E-state index contributed by atoms with van der Waals surface area (Å²) in [5.41, 5.74) is 0.137. The number of aromatic carboxylic acids is 1. The minimum Gasteiger partial charge on any atom is -0.507 e. The monoisotopic (exact) mass is 278 g/mol. The van der Waals surface area contributed by atoms with Gasteiger partial charge in [0.2, 0.25) is 5.91 Å². The summed E-state index contributed by atoms with van der Waals surface area (Å²) in [5, 5.41) is 24.2. The number of anilines is 1. The maximum atomic E-state index is 12.1. The first-order valence-corrected chi connectivity index (χ1v) is 6.58. The zero-order valence-electron chi connectivity index (χ0n) is 11.2. The third kappa shape index (κ3) is 3.27. The lowest BCUT2D eigenvalue weighted by Crippen LogP contribution is -2.45. The van der Waals surface area contributed by atoms with Crippen molar-refractivity contribution in [1.82, 2.24) is 5.32 Å². The lowest BCUT2D eigenvalue weighted by Gasteiger charge is -2.27. The largest absolute Gasteiger partial charge is 0.507 e. The number of carboxylic acid groups (broad SMARTS) is 1. The van der Waals surface area contributed by atoms with Gasteiger partial charge >= 0.3 is 5.97 Å². The van der Waals surface area contributed by atoms with Crippen molar-refractivity contribution in [3.63, 3.8) is 0 Å². The molecule has 0 bridgehead atoms. The van der Waals surface area contributed by atoms with Gasteiger partial charge in [-0.3, -0.25) is 4.79 Å². The first-order chi connectivity index (χ1) is 9.47. The number of aromatic hydroxyl groups is 1. The van der Waals surface area contributed by atoms with E-state index in [0.717, 1.165) is 19.4 Å². The quantitative estimate of drug-likeness (QED) is 0.627. The van der Waals surface area contributed by atoms with Gasteiger partial charge in [-0.1, -0.05) is 6.92 Å². The summed E-state index contributed by atoms with van der Waals surface area (Å²) in [6.45, 7) is 2.90. The molecule has 1 amide bonds. The summed E-state index contributed by atoms with van der Waals surface area (Å²) >= 11 is 0. The van der Waals surface area contributed by atoms with Crippen LogP contribution < -0.4 is 10.6 Å². The molecule has 108 valence electrons. The van der Waals surface area contributed by atoms with Crippen LogP contribution in [0.3, 0.4) is 0 Å². The van der Waals surface area contributed by atoms with Crippen LogP contribution in [-0.2, 0) is 4.79 Å². The Morgan fingerprint density at radius 2 is 2.15 bits per heavy atom. The minimum atomic E-state index is -1.23. The van der Waals surface area contributed by atoms with Crippen LogP contribution in [0, 0.1) is 5.92 Å². The molecular weight excluding hydrogens is 260 g/mol. The number of piperidine rings is 1. The number of carbonyl (C=O) groups is 2. The Bertz CT molecular complexity index is 530. The maximum Gasteiger partial charge on any atom is 0.339 e. The summed E-state index contributed by atoms with van der Waals surface area (Å²) in [6, 6.07) is 3.73. The summed E-state index contributed by atoms with van der Waals surface area (Å²) in [6.07, 6.45) is 1.81. The maximum absolute atomic E-state index is 12.1. The highest BCUT2D eigenvalue weighted by molar-refractivity contribution is 5.97. The van der Waals surface area contributed by atoms with Crippen LogP contribution in [0.1, 0.15) is 30.1 Å². The lowest BCUT2D eigenvalue weighted by molar-refractivity contribution is -0.119. The van der Waals surface area contributed by atoms with Crippen LogP contribution in [0.5, 0.6) is 5.75 Å². The van der Waals surface area contributed by atoms with E-state index in [1.54, 1.807) is 0 Å². The standard InChI is InChI=1S/C14H18N2O4/c1-8-4-5-15-11(6-8)13(18)16-9-2-3-12(17)10(7-9)14(19)20/h2-3,7-8,11,15,17H,4-6H2,1H3,(H,16,18)(H,19,20). The number of hydrogen-bond donors (Lipinski definition) is 4. The molecule has 20 heavy (non-hydrogen) atoms. The highest BCUT2D eigenvalue weighted by Crippen LogP contribution is 2.22. The summed E-state index contributed by atoms with van der Waals surface area (Å²) in [4.78, 5) is 23.0. The van der Waals surface area contributed by atoms with Crippen LogP contribution in [0.15, 0.2) is 18.2 Å². The summed E-state index contributed by atoms with van der Waals surface area (Å²) in [5.74, 6) is -1.25. The Labute approximate surface area is 116 Å². The summed E-state index contributed by atoms with van der Waals surface area (Å²) < 4.78 is 0. The number of phenols is 1. The van der Waals surface area contributed by atoms with E-state index in [1.807, 2.05) is 0 Å². The van der Waals surface area contributed by atoms with Crippen molar-refractivity contribution < 1.29 is 19.8 Å². The van der Waals surface area contributed by atoms with Gasteiger partial charge in [0.05, 0.1) is 6.04 Å². The highest BCUT2D eigenvalue weighted by Gasteiger charge is 2.24. The van der Waals surface area contributed by atoms with Crippen molar-refractivity contribution in [3.05, 3.63) is 23.8 Å². The Kier molecular flexibility index (Phi) is 4.24. The predicted molar refractivity (Wildman–Crippen MR) is 73.9 cm³/mol. The molecule has 0 spiro atoms. The van der Waals surface area contributed by atoms with E-state index >= 15 is 0 Å². The fraction of sp³-hybridized carbons (Fsp3) is 0.429. The van der Waals surface area contributed by atoms with Gasteiger partial charge in [-0.2, -0.15) is 0 Å². The van der Waals surface area contributed by atoms with Gasteiger partial charge in [-0.25, -0.2) is 4.79 Å². The van der Waals surface area contributed by atoms with Gasteiger partial charge < -0.3 is 20.8 Å². The van der Waals surface area contributed by atoms with Gasteiger partial charge in [-0.05, 0) is 43.5 Å². The number of rotatable bonds is 3. The number of hydrogen-bond acceptors (Lipinski definition) is 4. The van der Waals surface area contributed by atoms with E-state index in [2.05, 4.69) is 17.6 Å². The van der Waals surface area contributed by atoms with Crippen molar-refractivity contribution in [2.24, 2.45) is 5.92 Å². The molecule has 0 aromatic heterocycles. The van der Waals surface area contributed by atoms with Gasteiger partial charge in [0.1, 0.15) is 11.3 Å². The van der Waals surface area contributed by atoms with E-state index in [1.165, 1.54) is 18.2 Å². The van der Waals surface area contributed by atoms with Crippen LogP contribution in [0.2, 0.25) is 0 Å². The molecule has 6 nitrogen and oxygen atoms in total.